The molecule has 0 radical (unpaired) electrons. The van der Waals surface area contributed by atoms with Gasteiger partial charge < -0.3 is 9.88 Å². The molecule has 1 aliphatic rings. The third kappa shape index (κ3) is 3.38. The third-order valence-corrected chi connectivity index (χ3v) is 5.29. The van der Waals surface area contributed by atoms with Gasteiger partial charge in [-0.2, -0.15) is 0 Å². The minimum atomic E-state index is -0.0192. The lowest BCUT2D eigenvalue weighted by Gasteiger charge is -2.14. The van der Waals surface area contributed by atoms with E-state index in [0.717, 1.165) is 40.6 Å². The van der Waals surface area contributed by atoms with Crippen LogP contribution >= 0.6 is 0 Å². The molecule has 2 heterocycles. The lowest BCUT2D eigenvalue weighted by Crippen LogP contribution is -2.21. The van der Waals surface area contributed by atoms with E-state index >= 15 is 0 Å². The Bertz CT molecular complexity index is 934. The first-order valence-electron chi connectivity index (χ1n) is 9.15. The van der Waals surface area contributed by atoms with Gasteiger partial charge in [0, 0.05) is 17.6 Å². The average molecular weight is 332 g/mol. The molecule has 0 aliphatic carbocycles. The van der Waals surface area contributed by atoms with Gasteiger partial charge in [0.2, 0.25) is 0 Å². The number of fused-ring (bicyclic) bond motifs is 1. The fourth-order valence-electron chi connectivity index (χ4n) is 3.74. The lowest BCUT2D eigenvalue weighted by atomic mass is 10.0. The summed E-state index contributed by atoms with van der Waals surface area (Å²) in [7, 11) is 0. The zero-order valence-corrected chi connectivity index (χ0v) is 14.7. The van der Waals surface area contributed by atoms with Gasteiger partial charge in [-0.15, -0.1) is 0 Å². The highest BCUT2D eigenvalue weighted by molar-refractivity contribution is 5.87. The maximum absolute atomic E-state index is 12.4. The molecule has 128 valence electrons. The van der Waals surface area contributed by atoms with Gasteiger partial charge in [0.05, 0.1) is 0 Å². The molecule has 0 bridgehead atoms. The molecule has 4 rings (SSSR count). The highest BCUT2D eigenvalue weighted by atomic mass is 16.1. The minimum absolute atomic E-state index is 0.0192. The number of aromatic amines is 1. The summed E-state index contributed by atoms with van der Waals surface area (Å²) in [4.78, 5) is 17.9. The molecule has 1 saturated heterocycles. The zero-order valence-electron chi connectivity index (χ0n) is 14.7. The lowest BCUT2D eigenvalue weighted by molar-refractivity contribution is 0.343. The molecule has 1 N–H and O–H groups in total. The van der Waals surface area contributed by atoms with Crippen molar-refractivity contribution < 1.29 is 0 Å². The van der Waals surface area contributed by atoms with Gasteiger partial charge in [-0.1, -0.05) is 36.4 Å². The van der Waals surface area contributed by atoms with E-state index in [1.807, 2.05) is 25.1 Å². The summed E-state index contributed by atoms with van der Waals surface area (Å²) in [5.41, 5.74) is 4.42. The molecule has 0 saturated carbocycles. The molecule has 0 unspecified atom stereocenters. The Morgan fingerprint density at radius 2 is 1.76 bits per heavy atom. The highest BCUT2D eigenvalue weighted by Crippen LogP contribution is 2.22. The number of benzene rings is 2. The summed E-state index contributed by atoms with van der Waals surface area (Å²) in [6.07, 6.45) is 3.77. The molecule has 1 aliphatic heterocycles. The van der Waals surface area contributed by atoms with Gasteiger partial charge in [0.15, 0.2) is 0 Å². The smallest absolute Gasteiger partial charge is 0.256 e. The van der Waals surface area contributed by atoms with Crippen LogP contribution in [0.2, 0.25) is 0 Å². The Balaban J connectivity index is 1.58. The maximum atomic E-state index is 12.4. The molecule has 0 amide bonds. The van der Waals surface area contributed by atoms with Crippen molar-refractivity contribution in [2.45, 2.75) is 26.2 Å². The predicted molar refractivity (Wildman–Crippen MR) is 104 cm³/mol. The number of likely N-dealkylation sites (tertiary alicyclic amines) is 1. The Morgan fingerprint density at radius 1 is 1.00 bits per heavy atom. The largest absolute Gasteiger partial charge is 0.321 e. The van der Waals surface area contributed by atoms with Crippen LogP contribution in [-0.4, -0.2) is 29.5 Å². The first kappa shape index (κ1) is 16.1. The van der Waals surface area contributed by atoms with Crippen LogP contribution in [0.3, 0.4) is 0 Å². The molecular weight excluding hydrogens is 308 g/mol. The average Bonchev–Trinajstić information content (AvgIpc) is 3.15. The molecular formula is C22H24N2O. The van der Waals surface area contributed by atoms with Gasteiger partial charge in [-0.3, -0.25) is 4.79 Å². The van der Waals surface area contributed by atoms with Crippen LogP contribution in [0, 0.1) is 6.92 Å². The van der Waals surface area contributed by atoms with Crippen molar-refractivity contribution in [1.29, 1.82) is 0 Å². The number of H-pyrrole nitrogens is 1. The number of pyridine rings is 1. The Morgan fingerprint density at radius 3 is 2.52 bits per heavy atom. The van der Waals surface area contributed by atoms with E-state index in [2.05, 4.69) is 40.2 Å². The normalized spacial score (nSPS) is 15.1. The summed E-state index contributed by atoms with van der Waals surface area (Å²) >= 11 is 0. The van der Waals surface area contributed by atoms with E-state index in [-0.39, 0.29) is 5.56 Å². The van der Waals surface area contributed by atoms with E-state index in [0.29, 0.717) is 0 Å². The molecule has 0 atom stereocenters. The van der Waals surface area contributed by atoms with Crippen LogP contribution in [0.1, 0.15) is 24.0 Å². The maximum Gasteiger partial charge on any atom is 0.256 e. The topological polar surface area (TPSA) is 36.1 Å². The third-order valence-electron chi connectivity index (χ3n) is 5.29. The summed E-state index contributed by atoms with van der Waals surface area (Å²) in [6.45, 7) is 5.68. The fraction of sp³-hybridized carbons (Fsp3) is 0.318. The minimum Gasteiger partial charge on any atom is -0.321 e. The second-order valence-corrected chi connectivity index (χ2v) is 7.04. The van der Waals surface area contributed by atoms with Crippen molar-refractivity contribution in [3.8, 4) is 11.3 Å². The summed E-state index contributed by atoms with van der Waals surface area (Å²) in [6, 6.07) is 16.6. The molecule has 1 aromatic heterocycles. The number of nitrogens with one attached hydrogen (secondary N) is 1. The zero-order chi connectivity index (χ0) is 17.2. The van der Waals surface area contributed by atoms with Gasteiger partial charge >= 0.3 is 0 Å². The number of rotatable bonds is 4. The molecule has 25 heavy (non-hydrogen) atoms. The van der Waals surface area contributed by atoms with Crippen LogP contribution < -0.4 is 5.56 Å². The van der Waals surface area contributed by atoms with Crippen LogP contribution in [-0.2, 0) is 6.42 Å². The number of hydrogen-bond acceptors (Lipinski definition) is 2. The first-order chi connectivity index (χ1) is 12.2. The molecule has 2 aromatic carbocycles. The van der Waals surface area contributed by atoms with E-state index in [4.69, 9.17) is 0 Å². The standard InChI is InChI=1S/C22H24N2O/c1-16-5-4-6-19-20(16)15-21(23-22(19)25)18-9-7-17(8-10-18)11-14-24-12-2-3-13-24/h4-10,15H,2-3,11-14H2,1H3,(H,23,25). The Labute approximate surface area is 148 Å². The second kappa shape index (κ2) is 6.85. The highest BCUT2D eigenvalue weighted by Gasteiger charge is 2.11. The van der Waals surface area contributed by atoms with Gasteiger partial charge in [0.25, 0.3) is 5.56 Å². The summed E-state index contributed by atoms with van der Waals surface area (Å²) in [5.74, 6) is 0. The van der Waals surface area contributed by atoms with Crippen molar-refractivity contribution >= 4 is 10.8 Å². The summed E-state index contributed by atoms with van der Waals surface area (Å²) < 4.78 is 0. The second-order valence-electron chi connectivity index (χ2n) is 7.04. The molecule has 1 fully saturated rings. The van der Waals surface area contributed by atoms with Gasteiger partial charge in [-0.05, 0) is 73.5 Å². The SMILES string of the molecule is Cc1cccc2c(=O)[nH]c(-c3ccc(CCN4CCCC4)cc3)cc12. The molecule has 0 spiro atoms. The van der Waals surface area contributed by atoms with Gasteiger partial charge in [-0.25, -0.2) is 0 Å². The quantitative estimate of drug-likeness (QED) is 0.779. The van der Waals surface area contributed by atoms with Crippen LogP contribution in [0.5, 0.6) is 0 Å². The monoisotopic (exact) mass is 332 g/mol. The van der Waals surface area contributed by atoms with Crippen molar-refractivity contribution in [1.82, 2.24) is 9.88 Å². The number of aromatic nitrogens is 1. The van der Waals surface area contributed by atoms with Crippen LogP contribution in [0.4, 0.5) is 0 Å². The number of nitrogens with zero attached hydrogens (tertiary/aromatic N) is 1. The first-order valence-corrected chi connectivity index (χ1v) is 9.15. The fourth-order valence-corrected chi connectivity index (χ4v) is 3.74. The summed E-state index contributed by atoms with van der Waals surface area (Å²) in [5, 5.41) is 1.78. The van der Waals surface area contributed by atoms with E-state index in [9.17, 15) is 4.79 Å². The molecule has 3 nitrogen and oxygen atoms in total. The van der Waals surface area contributed by atoms with Crippen molar-refractivity contribution in [2.24, 2.45) is 0 Å². The van der Waals surface area contributed by atoms with E-state index in [1.165, 1.54) is 31.5 Å². The van der Waals surface area contributed by atoms with E-state index in [1.54, 1.807) is 0 Å². The Hall–Kier alpha value is -2.39. The molecule has 3 heteroatoms. The van der Waals surface area contributed by atoms with Crippen molar-refractivity contribution in [3.05, 3.63) is 70.0 Å². The van der Waals surface area contributed by atoms with Crippen LogP contribution in [0.25, 0.3) is 22.0 Å². The number of hydrogen-bond donors (Lipinski definition) is 1. The predicted octanol–water partition coefficient (Wildman–Crippen LogP) is 4.14. The van der Waals surface area contributed by atoms with Gasteiger partial charge in [0.1, 0.15) is 0 Å². The molecule has 3 aromatic rings. The van der Waals surface area contributed by atoms with Crippen molar-refractivity contribution in [3.63, 3.8) is 0 Å². The van der Waals surface area contributed by atoms with E-state index < -0.39 is 0 Å². The Kier molecular flexibility index (Phi) is 4.41. The number of aryl methyl sites for hydroxylation is 1. The van der Waals surface area contributed by atoms with Crippen LogP contribution in [0.15, 0.2) is 53.3 Å². The van der Waals surface area contributed by atoms with Crippen molar-refractivity contribution in [2.75, 3.05) is 19.6 Å².